The molecule has 118 valence electrons. The fourth-order valence-corrected chi connectivity index (χ4v) is 2.37. The van der Waals surface area contributed by atoms with E-state index in [-0.39, 0.29) is 0 Å². The third-order valence-corrected chi connectivity index (χ3v) is 3.63. The van der Waals surface area contributed by atoms with Crippen LogP contribution in [0, 0.1) is 6.92 Å². The van der Waals surface area contributed by atoms with E-state index in [2.05, 4.69) is 0 Å². The summed E-state index contributed by atoms with van der Waals surface area (Å²) in [5.41, 5.74) is 0.419. The Morgan fingerprint density at radius 3 is 2.68 bits per heavy atom. The summed E-state index contributed by atoms with van der Waals surface area (Å²) in [4.78, 5) is 11.5. The predicted molar refractivity (Wildman–Crippen MR) is 75.6 cm³/mol. The number of hydrogen-bond acceptors (Lipinski definition) is 7. The summed E-state index contributed by atoms with van der Waals surface area (Å²) in [7, 11) is 0. The molecule has 1 aromatic heterocycles. The Hall–Kier alpha value is -1.93. The van der Waals surface area contributed by atoms with Crippen LogP contribution in [0.1, 0.15) is 5.56 Å². The van der Waals surface area contributed by atoms with Crippen molar-refractivity contribution in [1.29, 1.82) is 0 Å². The first kappa shape index (κ1) is 15.0. The second-order valence-electron chi connectivity index (χ2n) is 5.24. The number of aliphatic hydroxyl groups is 3. The molecule has 0 spiro atoms. The molecule has 1 saturated heterocycles. The Balaban J connectivity index is 1.85. The minimum atomic E-state index is -1.28. The zero-order chi connectivity index (χ0) is 15.9. The third kappa shape index (κ3) is 2.59. The number of ether oxygens (including phenoxy) is 2. The van der Waals surface area contributed by atoms with E-state index in [1.54, 1.807) is 25.1 Å². The second kappa shape index (κ2) is 5.69. The number of aliphatic hydroxyl groups excluding tert-OH is 3. The minimum Gasteiger partial charge on any atom is -0.462 e. The van der Waals surface area contributed by atoms with Gasteiger partial charge in [0.05, 0.1) is 6.61 Å². The zero-order valence-corrected chi connectivity index (χ0v) is 11.8. The van der Waals surface area contributed by atoms with Crippen molar-refractivity contribution in [2.45, 2.75) is 31.5 Å². The molecule has 0 amide bonds. The molecule has 3 rings (SSSR count). The van der Waals surface area contributed by atoms with Crippen LogP contribution < -0.4 is 10.4 Å². The lowest BCUT2D eigenvalue weighted by atomic mass is 10.1. The van der Waals surface area contributed by atoms with Crippen LogP contribution in [0.4, 0.5) is 0 Å². The summed E-state index contributed by atoms with van der Waals surface area (Å²) in [6.07, 6.45) is -4.52. The maximum atomic E-state index is 11.5. The second-order valence-corrected chi connectivity index (χ2v) is 5.24. The summed E-state index contributed by atoms with van der Waals surface area (Å²) >= 11 is 0. The van der Waals surface area contributed by atoms with E-state index < -0.39 is 36.8 Å². The van der Waals surface area contributed by atoms with Gasteiger partial charge in [0.15, 0.2) is 0 Å². The van der Waals surface area contributed by atoms with Crippen molar-refractivity contribution in [1.82, 2.24) is 0 Å². The lowest BCUT2D eigenvalue weighted by Crippen LogP contribution is -2.35. The lowest BCUT2D eigenvalue weighted by molar-refractivity contribution is -0.116. The highest BCUT2D eigenvalue weighted by Gasteiger charge is 2.43. The van der Waals surface area contributed by atoms with Crippen LogP contribution in [-0.2, 0) is 4.74 Å². The molecule has 1 aromatic carbocycles. The monoisotopic (exact) mass is 308 g/mol. The van der Waals surface area contributed by atoms with Crippen molar-refractivity contribution in [3.8, 4) is 5.75 Å². The van der Waals surface area contributed by atoms with Crippen molar-refractivity contribution in [3.05, 3.63) is 40.2 Å². The summed E-state index contributed by atoms with van der Waals surface area (Å²) in [5.74, 6) is 0.314. The maximum Gasteiger partial charge on any atom is 0.339 e. The SMILES string of the molecule is Cc1cc2ccc(O[C@@H]3O[C@H](CO)[C@@H](O)[C@H]3O)cc2oc1=O. The molecule has 0 unspecified atom stereocenters. The molecule has 1 aliphatic heterocycles. The zero-order valence-electron chi connectivity index (χ0n) is 11.8. The van der Waals surface area contributed by atoms with E-state index in [0.29, 0.717) is 16.9 Å². The Bertz CT molecular complexity index is 738. The first-order valence-electron chi connectivity index (χ1n) is 6.83. The van der Waals surface area contributed by atoms with Crippen molar-refractivity contribution in [2.75, 3.05) is 6.61 Å². The van der Waals surface area contributed by atoms with E-state index in [1.165, 1.54) is 6.07 Å². The molecule has 2 heterocycles. The quantitative estimate of drug-likeness (QED) is 0.680. The lowest BCUT2D eigenvalue weighted by Gasteiger charge is -2.16. The Kier molecular flexibility index (Phi) is 3.88. The summed E-state index contributed by atoms with van der Waals surface area (Å²) in [5, 5.41) is 29.3. The summed E-state index contributed by atoms with van der Waals surface area (Å²) in [6, 6.07) is 6.56. The van der Waals surface area contributed by atoms with Gasteiger partial charge in [0.2, 0.25) is 6.29 Å². The maximum absolute atomic E-state index is 11.5. The van der Waals surface area contributed by atoms with E-state index in [0.717, 1.165) is 5.39 Å². The van der Waals surface area contributed by atoms with Gasteiger partial charge in [0, 0.05) is 17.0 Å². The third-order valence-electron chi connectivity index (χ3n) is 3.63. The Labute approximate surface area is 125 Å². The van der Waals surface area contributed by atoms with Crippen molar-refractivity contribution >= 4 is 11.0 Å². The molecule has 0 radical (unpaired) electrons. The highest BCUT2D eigenvalue weighted by Crippen LogP contribution is 2.26. The first-order valence-corrected chi connectivity index (χ1v) is 6.83. The van der Waals surface area contributed by atoms with Gasteiger partial charge in [-0.05, 0) is 25.1 Å². The van der Waals surface area contributed by atoms with Crippen LogP contribution in [0.25, 0.3) is 11.0 Å². The fourth-order valence-electron chi connectivity index (χ4n) is 2.37. The van der Waals surface area contributed by atoms with Gasteiger partial charge in [-0.25, -0.2) is 4.79 Å². The molecular weight excluding hydrogens is 292 g/mol. The van der Waals surface area contributed by atoms with E-state index in [1.807, 2.05) is 0 Å². The van der Waals surface area contributed by atoms with Crippen LogP contribution in [0.5, 0.6) is 5.75 Å². The average molecular weight is 308 g/mol. The average Bonchev–Trinajstić information content (AvgIpc) is 2.76. The first-order chi connectivity index (χ1) is 10.5. The van der Waals surface area contributed by atoms with Gasteiger partial charge in [0.25, 0.3) is 0 Å². The number of rotatable bonds is 3. The van der Waals surface area contributed by atoms with Gasteiger partial charge >= 0.3 is 5.63 Å². The van der Waals surface area contributed by atoms with Gasteiger partial charge in [-0.2, -0.15) is 0 Å². The summed E-state index contributed by atoms with van der Waals surface area (Å²) in [6.45, 7) is 1.23. The number of hydrogen-bond donors (Lipinski definition) is 3. The Morgan fingerprint density at radius 1 is 1.23 bits per heavy atom. The van der Waals surface area contributed by atoms with E-state index >= 15 is 0 Å². The van der Waals surface area contributed by atoms with E-state index in [4.69, 9.17) is 19.0 Å². The standard InChI is InChI=1S/C15H16O7/c1-7-4-8-2-3-9(5-10(8)21-14(7)19)20-15-13(18)12(17)11(6-16)22-15/h2-5,11-13,15-18H,6H2,1H3/t11-,12-,13-,15-/m1/s1. The molecule has 3 N–H and O–H groups in total. The fraction of sp³-hybridized carbons (Fsp3) is 0.400. The molecular formula is C15H16O7. The van der Waals surface area contributed by atoms with Gasteiger partial charge in [-0.1, -0.05) is 0 Å². The number of fused-ring (bicyclic) bond motifs is 1. The van der Waals surface area contributed by atoms with Crippen LogP contribution in [0.2, 0.25) is 0 Å². The van der Waals surface area contributed by atoms with Crippen LogP contribution in [-0.4, -0.2) is 46.5 Å². The molecule has 22 heavy (non-hydrogen) atoms. The van der Waals surface area contributed by atoms with Gasteiger partial charge in [-0.15, -0.1) is 0 Å². The largest absolute Gasteiger partial charge is 0.462 e. The van der Waals surface area contributed by atoms with Crippen molar-refractivity contribution in [2.24, 2.45) is 0 Å². The van der Waals surface area contributed by atoms with Crippen molar-refractivity contribution < 1.29 is 29.2 Å². The highest BCUT2D eigenvalue weighted by molar-refractivity contribution is 5.78. The smallest absolute Gasteiger partial charge is 0.339 e. The predicted octanol–water partition coefficient (Wildman–Crippen LogP) is -0.0808. The molecule has 7 nitrogen and oxygen atoms in total. The Morgan fingerprint density at radius 2 is 2.00 bits per heavy atom. The van der Waals surface area contributed by atoms with Gasteiger partial charge < -0.3 is 29.2 Å². The molecule has 4 atom stereocenters. The minimum absolute atomic E-state index is 0.314. The van der Waals surface area contributed by atoms with Gasteiger partial charge in [-0.3, -0.25) is 0 Å². The molecule has 1 fully saturated rings. The van der Waals surface area contributed by atoms with Crippen LogP contribution >= 0.6 is 0 Å². The molecule has 0 saturated carbocycles. The van der Waals surface area contributed by atoms with Crippen LogP contribution in [0.3, 0.4) is 0 Å². The van der Waals surface area contributed by atoms with Crippen LogP contribution in [0.15, 0.2) is 33.5 Å². The molecule has 7 heteroatoms. The number of aryl methyl sites for hydroxylation is 1. The molecule has 0 bridgehead atoms. The number of benzene rings is 1. The topological polar surface area (TPSA) is 109 Å². The van der Waals surface area contributed by atoms with Crippen molar-refractivity contribution in [3.63, 3.8) is 0 Å². The normalized spacial score (nSPS) is 28.2. The molecule has 0 aliphatic carbocycles. The molecule has 2 aromatic rings. The van der Waals surface area contributed by atoms with Gasteiger partial charge in [0.1, 0.15) is 29.6 Å². The highest BCUT2D eigenvalue weighted by atomic mass is 16.7. The molecule has 1 aliphatic rings. The van der Waals surface area contributed by atoms with E-state index in [9.17, 15) is 15.0 Å². The summed E-state index contributed by atoms with van der Waals surface area (Å²) < 4.78 is 15.9.